The topological polar surface area (TPSA) is 169 Å². The number of ether oxygens (including phenoxy) is 1. The fraction of sp³-hybridized carbons (Fsp3) is 0.417. The number of hydrogen-bond donors (Lipinski definition) is 2. The van der Waals surface area contributed by atoms with Gasteiger partial charge in [0.15, 0.2) is 11.5 Å². The van der Waals surface area contributed by atoms with Gasteiger partial charge in [-0.25, -0.2) is 19.6 Å². The zero-order chi connectivity index (χ0) is 30.4. The predicted octanol–water partition coefficient (Wildman–Crippen LogP) is 2.86. The summed E-state index contributed by atoms with van der Waals surface area (Å²) in [6.45, 7) is 2.76. The molecule has 222 valence electrons. The summed E-state index contributed by atoms with van der Waals surface area (Å²) in [7, 11) is 0. The number of nitrogens with zero attached hydrogens (tertiary/aromatic N) is 8. The number of aromatic nitrogens is 8. The van der Waals surface area contributed by atoms with Crippen LogP contribution in [0.4, 0.5) is 33.6 Å². The quantitative estimate of drug-likeness (QED) is 0.217. The number of halogens is 5. The minimum absolute atomic E-state index is 0.00990. The van der Waals surface area contributed by atoms with Gasteiger partial charge in [-0.1, -0.05) is 0 Å². The summed E-state index contributed by atoms with van der Waals surface area (Å²) in [5, 5.41) is 15.5. The number of esters is 1. The van der Waals surface area contributed by atoms with Crippen LogP contribution in [-0.4, -0.2) is 70.3 Å². The number of nitrogens with two attached hydrogens (primary N) is 1. The van der Waals surface area contributed by atoms with E-state index in [2.05, 4.69) is 35.6 Å². The van der Waals surface area contributed by atoms with E-state index in [4.69, 9.17) is 10.5 Å². The third-order valence-corrected chi connectivity index (χ3v) is 6.76. The van der Waals surface area contributed by atoms with Crippen LogP contribution in [0.2, 0.25) is 0 Å². The van der Waals surface area contributed by atoms with E-state index in [9.17, 15) is 31.5 Å². The van der Waals surface area contributed by atoms with E-state index in [1.807, 2.05) is 0 Å². The molecule has 0 aliphatic carbocycles. The Morgan fingerprint density at radius 2 is 1.93 bits per heavy atom. The second-order valence-electron chi connectivity index (χ2n) is 9.51. The van der Waals surface area contributed by atoms with Gasteiger partial charge in [-0.3, -0.25) is 9.59 Å². The van der Waals surface area contributed by atoms with Crippen LogP contribution in [0.5, 0.6) is 0 Å². The molecular weight excluding hydrogens is 571 g/mol. The first kappa shape index (κ1) is 28.7. The normalized spacial score (nSPS) is 17.0. The maximum Gasteiger partial charge on any atom is 0.453 e. The number of carbonyl (C=O) groups is 2. The van der Waals surface area contributed by atoms with E-state index in [1.54, 1.807) is 13.8 Å². The molecule has 42 heavy (non-hydrogen) atoms. The van der Waals surface area contributed by atoms with Gasteiger partial charge in [-0.15, -0.1) is 0 Å². The highest BCUT2D eigenvalue weighted by Gasteiger charge is 2.57. The number of aryl methyl sites for hydroxylation is 2. The van der Waals surface area contributed by atoms with Gasteiger partial charge in [0, 0.05) is 19.2 Å². The number of anilines is 2. The number of carbonyl (C=O) groups excluding carboxylic acids is 2. The molecule has 0 saturated carbocycles. The maximum atomic E-state index is 13.6. The maximum absolute atomic E-state index is 13.6. The summed E-state index contributed by atoms with van der Waals surface area (Å²) in [6.07, 6.45) is -4.59. The number of pyridine rings is 1. The Morgan fingerprint density at radius 1 is 1.17 bits per heavy atom. The molecule has 5 heterocycles. The third kappa shape index (κ3) is 4.85. The molecular formula is C24H23F5N10O3. The highest BCUT2D eigenvalue weighted by molar-refractivity contribution is 6.09. The van der Waals surface area contributed by atoms with Gasteiger partial charge in [-0.05, 0) is 26.0 Å². The molecule has 0 saturated heterocycles. The van der Waals surface area contributed by atoms with Crippen molar-refractivity contribution < 1.29 is 36.3 Å². The number of hydrogen-bond acceptors (Lipinski definition) is 10. The SMILES string of the molecule is CCOC(=O)CCn1ncc(C2(C)C(=O)Nc3nc(-c4nn(CCC(F)(F)C(F)(F)F)c5ncccc45)nc(N)c32)n1. The smallest absolute Gasteiger partial charge is 0.453 e. The lowest BCUT2D eigenvalue weighted by Gasteiger charge is -2.19. The van der Waals surface area contributed by atoms with Crippen LogP contribution in [-0.2, 0) is 32.8 Å². The minimum Gasteiger partial charge on any atom is -0.466 e. The summed E-state index contributed by atoms with van der Waals surface area (Å²) in [5.41, 5.74) is 5.28. The summed E-state index contributed by atoms with van der Waals surface area (Å²) in [4.78, 5) is 38.9. The monoisotopic (exact) mass is 594 g/mol. The first-order valence-corrected chi connectivity index (χ1v) is 12.6. The molecule has 0 spiro atoms. The number of alkyl halides is 5. The molecule has 1 unspecified atom stereocenters. The minimum atomic E-state index is -5.72. The first-order chi connectivity index (χ1) is 19.8. The van der Waals surface area contributed by atoms with Crippen molar-refractivity contribution in [2.75, 3.05) is 17.7 Å². The third-order valence-electron chi connectivity index (χ3n) is 6.76. The molecule has 13 nitrogen and oxygen atoms in total. The van der Waals surface area contributed by atoms with Crippen molar-refractivity contribution in [2.45, 2.75) is 57.3 Å². The van der Waals surface area contributed by atoms with E-state index in [0.29, 0.717) is 0 Å². The Bertz CT molecular complexity index is 1690. The van der Waals surface area contributed by atoms with Gasteiger partial charge in [-0.2, -0.15) is 42.0 Å². The Balaban J connectivity index is 1.48. The average Bonchev–Trinajstić information content (AvgIpc) is 3.61. The number of nitrogen functional groups attached to an aromatic ring is 1. The van der Waals surface area contributed by atoms with E-state index in [0.717, 1.165) is 4.68 Å². The molecule has 18 heteroatoms. The fourth-order valence-corrected chi connectivity index (χ4v) is 4.54. The fourth-order valence-electron chi connectivity index (χ4n) is 4.54. The molecule has 0 aromatic carbocycles. The molecule has 4 aromatic rings. The molecule has 5 rings (SSSR count). The van der Waals surface area contributed by atoms with Crippen molar-refractivity contribution in [3.8, 4) is 11.5 Å². The molecule has 1 aliphatic heterocycles. The molecule has 3 N–H and O–H groups in total. The summed E-state index contributed by atoms with van der Waals surface area (Å²) >= 11 is 0. The Labute approximate surface area is 233 Å². The van der Waals surface area contributed by atoms with Crippen LogP contribution in [0.25, 0.3) is 22.6 Å². The summed E-state index contributed by atoms with van der Waals surface area (Å²) in [5.74, 6) is -6.14. The number of fused-ring (bicyclic) bond motifs is 2. The number of amides is 1. The Morgan fingerprint density at radius 3 is 2.64 bits per heavy atom. The first-order valence-electron chi connectivity index (χ1n) is 12.6. The lowest BCUT2D eigenvalue weighted by Crippen LogP contribution is -2.37. The Kier molecular flexibility index (Phi) is 7.02. The van der Waals surface area contributed by atoms with Crippen molar-refractivity contribution >= 4 is 34.5 Å². The van der Waals surface area contributed by atoms with Crippen LogP contribution in [0.15, 0.2) is 24.5 Å². The van der Waals surface area contributed by atoms with Crippen molar-refractivity contribution in [3.05, 3.63) is 35.8 Å². The van der Waals surface area contributed by atoms with Crippen molar-refractivity contribution in [3.63, 3.8) is 0 Å². The Hall–Kier alpha value is -4.77. The van der Waals surface area contributed by atoms with E-state index < -0.39 is 42.4 Å². The van der Waals surface area contributed by atoms with E-state index in [-0.39, 0.29) is 65.0 Å². The van der Waals surface area contributed by atoms with E-state index >= 15 is 0 Å². The van der Waals surface area contributed by atoms with Crippen molar-refractivity contribution in [1.82, 2.24) is 39.7 Å². The van der Waals surface area contributed by atoms with Crippen LogP contribution in [0.3, 0.4) is 0 Å². The van der Waals surface area contributed by atoms with Crippen LogP contribution in [0, 0.1) is 0 Å². The zero-order valence-electron chi connectivity index (χ0n) is 22.1. The summed E-state index contributed by atoms with van der Waals surface area (Å²) in [6, 6.07) is 3.04. The van der Waals surface area contributed by atoms with Gasteiger partial charge >= 0.3 is 18.1 Å². The number of rotatable bonds is 9. The molecule has 1 amide bonds. The van der Waals surface area contributed by atoms with Crippen LogP contribution < -0.4 is 11.1 Å². The molecule has 4 aromatic heterocycles. The highest BCUT2D eigenvalue weighted by atomic mass is 19.4. The van der Waals surface area contributed by atoms with E-state index in [1.165, 1.54) is 29.3 Å². The van der Waals surface area contributed by atoms with Crippen molar-refractivity contribution in [1.29, 1.82) is 0 Å². The molecule has 0 fully saturated rings. The molecule has 0 bridgehead atoms. The predicted molar refractivity (Wildman–Crippen MR) is 135 cm³/mol. The molecule has 1 aliphatic rings. The lowest BCUT2D eigenvalue weighted by atomic mass is 9.81. The standard InChI is InChI=1S/C24H23F5N10O3/c1-3-42-14(40)6-9-39-32-11-13(36-39)22(2)15-17(30)33-19(34-18(15)35-21(22)41)16-12-5-4-8-31-20(12)38(37-16)10-7-23(25,26)24(27,28)29/h4-5,8,11H,3,6-7,9-10H2,1-2H3,(H3,30,33,34,35,41). The van der Waals surface area contributed by atoms with Gasteiger partial charge in [0.2, 0.25) is 5.91 Å². The average molecular weight is 595 g/mol. The van der Waals surface area contributed by atoms with Gasteiger partial charge in [0.1, 0.15) is 28.4 Å². The summed E-state index contributed by atoms with van der Waals surface area (Å²) < 4.78 is 71.2. The second-order valence-corrected chi connectivity index (χ2v) is 9.51. The van der Waals surface area contributed by atoms with Crippen LogP contribution >= 0.6 is 0 Å². The zero-order valence-corrected chi connectivity index (χ0v) is 22.1. The van der Waals surface area contributed by atoms with Gasteiger partial charge in [0.05, 0.1) is 36.7 Å². The molecule has 1 atom stereocenters. The van der Waals surface area contributed by atoms with Gasteiger partial charge in [0.25, 0.3) is 0 Å². The van der Waals surface area contributed by atoms with Crippen molar-refractivity contribution in [2.24, 2.45) is 0 Å². The molecule has 0 radical (unpaired) electrons. The van der Waals surface area contributed by atoms with Gasteiger partial charge < -0.3 is 15.8 Å². The highest BCUT2D eigenvalue weighted by Crippen LogP contribution is 2.44. The number of nitrogens with one attached hydrogen (secondary N) is 1. The largest absolute Gasteiger partial charge is 0.466 e. The second kappa shape index (κ2) is 10.3. The van der Waals surface area contributed by atoms with Crippen LogP contribution in [0.1, 0.15) is 37.9 Å². The lowest BCUT2D eigenvalue weighted by molar-refractivity contribution is -0.285.